The second-order valence-corrected chi connectivity index (χ2v) is 8.53. The zero-order chi connectivity index (χ0) is 20.9. The van der Waals surface area contributed by atoms with E-state index >= 15 is 0 Å². The van der Waals surface area contributed by atoms with E-state index in [2.05, 4.69) is 0 Å². The van der Waals surface area contributed by atoms with E-state index in [9.17, 15) is 14.0 Å². The maximum atomic E-state index is 14.5. The van der Waals surface area contributed by atoms with Crippen molar-refractivity contribution in [2.75, 3.05) is 0 Å². The lowest BCUT2D eigenvalue weighted by molar-refractivity contribution is -0.184. The number of ether oxygens (including phenoxy) is 1. The van der Waals surface area contributed by atoms with Crippen LogP contribution in [0.1, 0.15) is 57.2 Å². The summed E-state index contributed by atoms with van der Waals surface area (Å²) in [5.74, 6) is -1.75. The Morgan fingerprint density at radius 2 is 1.57 bits per heavy atom. The summed E-state index contributed by atoms with van der Waals surface area (Å²) in [6, 6.07) is 10.6. The molecular weight excluding hydrogens is 355 g/mol. The molecule has 0 spiro atoms. The third kappa shape index (κ3) is 3.42. The molecule has 0 unspecified atom stereocenters. The average molecular weight is 382 g/mol. The summed E-state index contributed by atoms with van der Waals surface area (Å²) in [6.45, 7) is 10.6. The van der Waals surface area contributed by atoms with Crippen molar-refractivity contribution in [3.63, 3.8) is 0 Å². The van der Waals surface area contributed by atoms with Gasteiger partial charge in [0.25, 0.3) is 0 Å². The fourth-order valence-corrected chi connectivity index (χ4v) is 4.04. The van der Waals surface area contributed by atoms with Crippen LogP contribution in [0.2, 0.25) is 0 Å². The Morgan fingerprint density at radius 3 is 2.11 bits per heavy atom. The van der Waals surface area contributed by atoms with Crippen molar-refractivity contribution < 1.29 is 18.7 Å². The molecule has 1 aliphatic heterocycles. The predicted octanol–water partition coefficient (Wildman–Crippen LogP) is 5.17. The van der Waals surface area contributed by atoms with Gasteiger partial charge in [0, 0.05) is 5.56 Å². The highest BCUT2D eigenvalue weighted by Crippen LogP contribution is 2.40. The number of Topliss-reactive ketones (excluding diaryl/α,β-unsaturated/α-hetero) is 2. The van der Waals surface area contributed by atoms with Crippen LogP contribution in [0.15, 0.2) is 36.4 Å². The van der Waals surface area contributed by atoms with E-state index in [-0.39, 0.29) is 17.4 Å². The number of rotatable bonds is 3. The lowest BCUT2D eigenvalue weighted by atomic mass is 9.73. The smallest absolute Gasteiger partial charge is 0.179 e. The number of hydrogen-bond acceptors (Lipinski definition) is 3. The third-order valence-corrected chi connectivity index (χ3v) is 5.49. The summed E-state index contributed by atoms with van der Waals surface area (Å²) in [4.78, 5) is 26.3. The SMILES string of the molecule is CCc1ccc(-c2ccc(C)cc2F)cc1C1C(=O)C(C)(C)OC(C)(C)C1=O. The summed E-state index contributed by atoms with van der Waals surface area (Å²) >= 11 is 0. The molecule has 1 aliphatic rings. The number of aryl methyl sites for hydroxylation is 2. The zero-order valence-corrected chi connectivity index (χ0v) is 17.4. The Bertz CT molecular complexity index is 930. The highest BCUT2D eigenvalue weighted by Gasteiger charge is 2.53. The van der Waals surface area contributed by atoms with E-state index in [1.54, 1.807) is 39.8 Å². The van der Waals surface area contributed by atoms with Crippen molar-refractivity contribution in [3.05, 3.63) is 58.9 Å². The summed E-state index contributed by atoms with van der Waals surface area (Å²) in [5, 5.41) is 0. The topological polar surface area (TPSA) is 43.4 Å². The van der Waals surface area contributed by atoms with Crippen LogP contribution in [0.25, 0.3) is 11.1 Å². The standard InChI is InChI=1S/C24H27FO3/c1-7-15-9-10-16(17-11-8-14(2)12-19(17)25)13-18(15)20-21(26)23(3,4)28-24(5,6)22(20)27/h8-13,20H,7H2,1-6H3. The molecule has 0 bridgehead atoms. The first kappa shape index (κ1) is 20.4. The quantitative estimate of drug-likeness (QED) is 0.688. The molecule has 0 atom stereocenters. The summed E-state index contributed by atoms with van der Waals surface area (Å²) in [6.07, 6.45) is 0.671. The first-order valence-corrected chi connectivity index (χ1v) is 9.66. The number of carbonyl (C=O) groups is 2. The normalized spacial score (nSPS) is 19.1. The molecule has 4 heteroatoms. The lowest BCUT2D eigenvalue weighted by Crippen LogP contribution is -2.58. The fraction of sp³-hybridized carbons (Fsp3) is 0.417. The average Bonchev–Trinajstić information content (AvgIpc) is 2.60. The Labute approximate surface area is 165 Å². The van der Waals surface area contributed by atoms with Crippen LogP contribution in [0.4, 0.5) is 4.39 Å². The second-order valence-electron chi connectivity index (χ2n) is 8.53. The van der Waals surface area contributed by atoms with Gasteiger partial charge in [0.05, 0.1) is 0 Å². The van der Waals surface area contributed by atoms with Gasteiger partial charge in [-0.15, -0.1) is 0 Å². The number of hydrogen-bond donors (Lipinski definition) is 0. The fourth-order valence-electron chi connectivity index (χ4n) is 4.04. The van der Waals surface area contributed by atoms with Crippen molar-refractivity contribution in [3.8, 4) is 11.1 Å². The van der Waals surface area contributed by atoms with Crippen molar-refractivity contribution in [2.24, 2.45) is 0 Å². The van der Waals surface area contributed by atoms with Gasteiger partial charge in [-0.2, -0.15) is 0 Å². The molecule has 148 valence electrons. The molecule has 0 N–H and O–H groups in total. The molecule has 2 aromatic rings. The van der Waals surface area contributed by atoms with Crippen LogP contribution >= 0.6 is 0 Å². The van der Waals surface area contributed by atoms with Crippen LogP contribution in [0.5, 0.6) is 0 Å². The molecule has 3 nitrogen and oxygen atoms in total. The van der Waals surface area contributed by atoms with Crippen molar-refractivity contribution >= 4 is 11.6 Å². The molecule has 0 radical (unpaired) electrons. The Hall–Kier alpha value is -2.33. The van der Waals surface area contributed by atoms with E-state index in [4.69, 9.17) is 4.74 Å². The summed E-state index contributed by atoms with van der Waals surface area (Å²) in [5.41, 5.74) is 1.38. The molecule has 0 aliphatic carbocycles. The Balaban J connectivity index is 2.19. The molecular formula is C24H27FO3. The molecule has 2 aromatic carbocycles. The zero-order valence-electron chi connectivity index (χ0n) is 17.4. The molecule has 1 saturated heterocycles. The van der Waals surface area contributed by atoms with Gasteiger partial charge in [-0.1, -0.05) is 31.2 Å². The second kappa shape index (κ2) is 6.93. The monoisotopic (exact) mass is 382 g/mol. The van der Waals surface area contributed by atoms with Gasteiger partial charge in [-0.3, -0.25) is 9.59 Å². The summed E-state index contributed by atoms with van der Waals surface area (Å²) < 4.78 is 20.3. The van der Waals surface area contributed by atoms with Crippen LogP contribution in [0.3, 0.4) is 0 Å². The molecule has 3 rings (SSSR count). The van der Waals surface area contributed by atoms with E-state index in [0.29, 0.717) is 23.1 Å². The van der Waals surface area contributed by atoms with Crippen molar-refractivity contribution in [2.45, 2.75) is 65.1 Å². The maximum Gasteiger partial charge on any atom is 0.179 e. The van der Waals surface area contributed by atoms with Gasteiger partial charge < -0.3 is 4.74 Å². The van der Waals surface area contributed by atoms with E-state index < -0.39 is 17.1 Å². The van der Waals surface area contributed by atoms with Gasteiger partial charge in [0.1, 0.15) is 22.9 Å². The number of benzene rings is 2. The molecule has 0 saturated carbocycles. The van der Waals surface area contributed by atoms with Gasteiger partial charge in [-0.25, -0.2) is 4.39 Å². The predicted molar refractivity (Wildman–Crippen MR) is 108 cm³/mol. The van der Waals surface area contributed by atoms with Crippen LogP contribution in [0, 0.1) is 12.7 Å². The molecule has 1 heterocycles. The largest absolute Gasteiger partial charge is 0.354 e. The van der Waals surface area contributed by atoms with Crippen molar-refractivity contribution in [1.82, 2.24) is 0 Å². The maximum absolute atomic E-state index is 14.5. The first-order chi connectivity index (χ1) is 13.0. The molecule has 0 aromatic heterocycles. The van der Waals surface area contributed by atoms with Crippen LogP contribution in [-0.2, 0) is 20.7 Å². The highest BCUT2D eigenvalue weighted by atomic mass is 19.1. The van der Waals surface area contributed by atoms with Crippen molar-refractivity contribution in [1.29, 1.82) is 0 Å². The van der Waals surface area contributed by atoms with Gasteiger partial charge in [-0.05, 0) is 75.4 Å². The molecule has 28 heavy (non-hydrogen) atoms. The Morgan fingerprint density at radius 1 is 0.964 bits per heavy atom. The minimum absolute atomic E-state index is 0.256. The van der Waals surface area contributed by atoms with Gasteiger partial charge >= 0.3 is 0 Å². The Kier molecular flexibility index (Phi) is 5.05. The van der Waals surface area contributed by atoms with E-state index in [1.165, 1.54) is 6.07 Å². The molecule has 0 amide bonds. The number of ketones is 2. The van der Waals surface area contributed by atoms with E-state index in [1.807, 2.05) is 32.0 Å². The van der Waals surface area contributed by atoms with Crippen LogP contribution < -0.4 is 0 Å². The molecule has 1 fully saturated rings. The number of halogens is 1. The minimum atomic E-state index is -1.07. The third-order valence-electron chi connectivity index (χ3n) is 5.49. The lowest BCUT2D eigenvalue weighted by Gasteiger charge is -2.43. The van der Waals surface area contributed by atoms with E-state index in [0.717, 1.165) is 11.1 Å². The van der Waals surface area contributed by atoms with Gasteiger partial charge in [0.2, 0.25) is 0 Å². The van der Waals surface area contributed by atoms with Gasteiger partial charge in [0.15, 0.2) is 11.6 Å². The first-order valence-electron chi connectivity index (χ1n) is 9.66. The highest BCUT2D eigenvalue weighted by molar-refractivity contribution is 6.15. The van der Waals surface area contributed by atoms with Crippen LogP contribution in [-0.4, -0.2) is 22.8 Å². The number of carbonyl (C=O) groups excluding carboxylic acids is 2. The minimum Gasteiger partial charge on any atom is -0.354 e. The summed E-state index contributed by atoms with van der Waals surface area (Å²) in [7, 11) is 0.